The first-order valence-corrected chi connectivity index (χ1v) is 11.1. The molecule has 28 heavy (non-hydrogen) atoms. The fourth-order valence-corrected chi connectivity index (χ4v) is 4.16. The van der Waals surface area contributed by atoms with E-state index in [-0.39, 0.29) is 0 Å². The number of nitrogens with zero attached hydrogens (tertiary/aromatic N) is 1. The summed E-state index contributed by atoms with van der Waals surface area (Å²) in [4.78, 5) is 5.12. The van der Waals surface area contributed by atoms with Gasteiger partial charge in [-0.15, -0.1) is 9.24 Å². The van der Waals surface area contributed by atoms with Crippen molar-refractivity contribution in [1.29, 1.82) is 0 Å². The summed E-state index contributed by atoms with van der Waals surface area (Å²) in [5.74, 6) is 0. The molecule has 2 nitrogen and oxygen atoms in total. The van der Waals surface area contributed by atoms with Crippen molar-refractivity contribution in [3.8, 4) is 0 Å². The minimum absolute atomic E-state index is 1.00. The fourth-order valence-electron chi connectivity index (χ4n) is 3.87. The fraction of sp³-hybridized carbons (Fsp3) is 0.400. The molecule has 2 aliphatic rings. The van der Waals surface area contributed by atoms with Gasteiger partial charge in [0, 0.05) is 24.9 Å². The standard InChI is InChI=1S/C25H33N2P/c1-19(26-2)11-6-3-4-9-15-22-18-24(21-14-10-16-23(28)17-21)25(27-22)20-12-7-5-8-13-20/h5,7,10,12,14,16-17,26H,1,3-4,6,8-9,11,13,15,18,28H2,2H3. The predicted octanol–water partition coefficient (Wildman–Crippen LogP) is 6.09. The molecule has 0 amide bonds. The molecule has 148 valence electrons. The third-order valence-corrected chi connectivity index (χ3v) is 5.90. The molecule has 0 radical (unpaired) electrons. The van der Waals surface area contributed by atoms with Crippen molar-refractivity contribution in [1.82, 2.24) is 5.32 Å². The zero-order valence-corrected chi connectivity index (χ0v) is 18.3. The first-order chi connectivity index (χ1) is 13.7. The van der Waals surface area contributed by atoms with E-state index in [4.69, 9.17) is 4.99 Å². The summed E-state index contributed by atoms with van der Waals surface area (Å²) < 4.78 is 0. The Bertz CT molecular complexity index is 827. The van der Waals surface area contributed by atoms with Gasteiger partial charge in [0.2, 0.25) is 0 Å². The molecule has 1 heterocycles. The van der Waals surface area contributed by atoms with Crippen molar-refractivity contribution >= 4 is 25.8 Å². The largest absolute Gasteiger partial charge is 0.392 e. The number of rotatable bonds is 10. The molecule has 0 spiro atoms. The third kappa shape index (κ3) is 5.79. The van der Waals surface area contributed by atoms with E-state index in [2.05, 4.69) is 63.6 Å². The van der Waals surface area contributed by atoms with Crippen LogP contribution in [0.4, 0.5) is 0 Å². The van der Waals surface area contributed by atoms with Gasteiger partial charge in [-0.3, -0.25) is 4.99 Å². The van der Waals surface area contributed by atoms with Gasteiger partial charge in [-0.1, -0.05) is 55.8 Å². The van der Waals surface area contributed by atoms with Crippen molar-refractivity contribution < 1.29 is 0 Å². The Hall–Kier alpha value is -1.92. The summed E-state index contributed by atoms with van der Waals surface area (Å²) in [5, 5.41) is 4.36. The molecule has 0 saturated heterocycles. The first kappa shape index (κ1) is 20.8. The highest BCUT2D eigenvalue weighted by Crippen LogP contribution is 2.37. The maximum atomic E-state index is 5.12. The Morgan fingerprint density at radius 1 is 1.21 bits per heavy atom. The summed E-state index contributed by atoms with van der Waals surface area (Å²) in [6, 6.07) is 8.78. The summed E-state index contributed by atoms with van der Waals surface area (Å²) in [5.41, 5.74) is 7.86. The van der Waals surface area contributed by atoms with Gasteiger partial charge < -0.3 is 5.32 Å². The van der Waals surface area contributed by atoms with Crippen LogP contribution in [0.5, 0.6) is 0 Å². The van der Waals surface area contributed by atoms with E-state index in [1.165, 1.54) is 59.1 Å². The van der Waals surface area contributed by atoms with Crippen LogP contribution in [0.3, 0.4) is 0 Å². The average molecular weight is 393 g/mol. The van der Waals surface area contributed by atoms with Gasteiger partial charge in [0.15, 0.2) is 0 Å². The molecule has 1 atom stereocenters. The highest BCUT2D eigenvalue weighted by atomic mass is 31.0. The molecule has 0 saturated carbocycles. The van der Waals surface area contributed by atoms with Crippen molar-refractivity contribution in [2.75, 3.05) is 7.05 Å². The molecular formula is C25H33N2P. The molecule has 1 aliphatic heterocycles. The van der Waals surface area contributed by atoms with Crippen LogP contribution in [0.15, 0.2) is 71.0 Å². The highest BCUT2D eigenvalue weighted by Gasteiger charge is 2.22. The number of allylic oxidation sites excluding steroid dienone is 6. The lowest BCUT2D eigenvalue weighted by atomic mass is 9.94. The second kappa shape index (κ2) is 10.6. The normalized spacial score (nSPS) is 16.2. The number of unbranched alkanes of at least 4 members (excludes halogenated alkanes) is 3. The van der Waals surface area contributed by atoms with Crippen LogP contribution in [-0.4, -0.2) is 12.8 Å². The molecule has 3 rings (SSSR count). The molecular weight excluding hydrogens is 359 g/mol. The van der Waals surface area contributed by atoms with Crippen molar-refractivity contribution in [2.24, 2.45) is 4.99 Å². The van der Waals surface area contributed by atoms with E-state index >= 15 is 0 Å². The highest BCUT2D eigenvalue weighted by molar-refractivity contribution is 7.27. The van der Waals surface area contributed by atoms with E-state index in [0.29, 0.717) is 0 Å². The van der Waals surface area contributed by atoms with E-state index in [0.717, 1.165) is 37.8 Å². The second-order valence-corrected chi connectivity index (χ2v) is 8.40. The molecule has 1 aliphatic carbocycles. The van der Waals surface area contributed by atoms with Gasteiger partial charge >= 0.3 is 0 Å². The molecule has 1 N–H and O–H groups in total. The first-order valence-electron chi connectivity index (χ1n) is 10.5. The quantitative estimate of drug-likeness (QED) is 0.378. The maximum absolute atomic E-state index is 5.12. The van der Waals surface area contributed by atoms with E-state index in [9.17, 15) is 0 Å². The van der Waals surface area contributed by atoms with E-state index < -0.39 is 0 Å². The third-order valence-electron chi connectivity index (χ3n) is 5.54. The lowest BCUT2D eigenvalue weighted by Crippen LogP contribution is -2.03. The van der Waals surface area contributed by atoms with E-state index in [1.807, 2.05) is 7.05 Å². The minimum atomic E-state index is 1.00. The van der Waals surface area contributed by atoms with Gasteiger partial charge in [-0.25, -0.2) is 0 Å². The number of nitrogens with one attached hydrogen (secondary N) is 1. The maximum Gasteiger partial charge on any atom is 0.0703 e. The van der Waals surface area contributed by atoms with Gasteiger partial charge in [-0.05, 0) is 66.6 Å². The Balaban J connectivity index is 1.62. The van der Waals surface area contributed by atoms with Crippen LogP contribution in [-0.2, 0) is 0 Å². The summed E-state index contributed by atoms with van der Waals surface area (Å²) in [6.45, 7) is 4.00. The number of hydrogen-bond donors (Lipinski definition) is 1. The van der Waals surface area contributed by atoms with Crippen LogP contribution in [0, 0.1) is 0 Å². The molecule has 3 heteroatoms. The molecule has 0 bridgehead atoms. The molecule has 1 aromatic carbocycles. The van der Waals surface area contributed by atoms with Crippen LogP contribution < -0.4 is 10.6 Å². The zero-order valence-electron chi connectivity index (χ0n) is 17.1. The number of benzene rings is 1. The Kier molecular flexibility index (Phi) is 7.86. The van der Waals surface area contributed by atoms with Gasteiger partial charge in [-0.2, -0.15) is 0 Å². The van der Waals surface area contributed by atoms with Gasteiger partial charge in [0.25, 0.3) is 0 Å². The van der Waals surface area contributed by atoms with Crippen molar-refractivity contribution in [2.45, 2.75) is 57.8 Å². The number of hydrogen-bond acceptors (Lipinski definition) is 2. The topological polar surface area (TPSA) is 24.4 Å². The Morgan fingerprint density at radius 2 is 2.07 bits per heavy atom. The number of aliphatic imine (C=N–C) groups is 1. The van der Waals surface area contributed by atoms with E-state index in [1.54, 1.807) is 0 Å². The summed E-state index contributed by atoms with van der Waals surface area (Å²) >= 11 is 0. The second-order valence-electron chi connectivity index (χ2n) is 7.73. The van der Waals surface area contributed by atoms with Crippen molar-refractivity contribution in [3.05, 3.63) is 71.6 Å². The lowest BCUT2D eigenvalue weighted by molar-refractivity contribution is 0.639. The average Bonchev–Trinajstić information content (AvgIpc) is 3.15. The zero-order chi connectivity index (χ0) is 19.8. The smallest absolute Gasteiger partial charge is 0.0703 e. The van der Waals surface area contributed by atoms with Crippen LogP contribution in [0.1, 0.15) is 63.4 Å². The molecule has 1 unspecified atom stereocenters. The van der Waals surface area contributed by atoms with Gasteiger partial charge in [0.1, 0.15) is 0 Å². The molecule has 0 fully saturated rings. The van der Waals surface area contributed by atoms with Crippen molar-refractivity contribution in [3.63, 3.8) is 0 Å². The minimum Gasteiger partial charge on any atom is -0.392 e. The molecule has 0 aromatic heterocycles. The van der Waals surface area contributed by atoms with Crippen LogP contribution in [0.2, 0.25) is 0 Å². The Morgan fingerprint density at radius 3 is 2.82 bits per heavy atom. The summed E-state index contributed by atoms with van der Waals surface area (Å²) in [7, 11) is 4.77. The van der Waals surface area contributed by atoms with Gasteiger partial charge in [0.05, 0.1) is 5.70 Å². The monoisotopic (exact) mass is 392 g/mol. The SMILES string of the molecule is C=C(CCCCCCC1=NC(C2=CC=CCC2)=C(c2cccc(P)c2)C1)NC. The molecule has 1 aromatic rings. The lowest BCUT2D eigenvalue weighted by Gasteiger charge is -2.12. The van der Waals surface area contributed by atoms with Crippen LogP contribution >= 0.6 is 9.24 Å². The summed E-state index contributed by atoms with van der Waals surface area (Å²) in [6.07, 6.45) is 17.1. The van der Waals surface area contributed by atoms with Crippen LogP contribution in [0.25, 0.3) is 5.57 Å². The predicted molar refractivity (Wildman–Crippen MR) is 127 cm³/mol. The Labute approximate surface area is 172 Å².